The molecule has 9 heteroatoms. The molecule has 0 atom stereocenters. The molecule has 1 aromatic heterocycles. The number of halogens is 2. The highest BCUT2D eigenvalue weighted by atomic mass is 35.5. The van der Waals surface area contributed by atoms with Crippen LogP contribution in [0.3, 0.4) is 0 Å². The number of rotatable bonds is 5. The van der Waals surface area contributed by atoms with Crippen molar-refractivity contribution in [3.8, 4) is 11.3 Å². The second-order valence-electron chi connectivity index (χ2n) is 6.40. The van der Waals surface area contributed by atoms with Gasteiger partial charge in [0.05, 0.1) is 0 Å². The predicted octanol–water partition coefficient (Wildman–Crippen LogP) is 5.74. The van der Waals surface area contributed by atoms with Gasteiger partial charge in [0.1, 0.15) is 11.5 Å². The fraction of sp³-hybridized carbons (Fsp3) is 0.0455. The summed E-state index contributed by atoms with van der Waals surface area (Å²) in [5, 5.41) is 9.24. The van der Waals surface area contributed by atoms with E-state index in [2.05, 4.69) is 16.0 Å². The summed E-state index contributed by atoms with van der Waals surface area (Å²) >= 11 is 17.2. The SMILES string of the molecule is CC(=O)Nc1ccc(NC(=S)NC(=O)/C=C/c2ccc(-c3cc(Cl)cc(Cl)c3)o2)cc1. The van der Waals surface area contributed by atoms with Crippen LogP contribution in [0.5, 0.6) is 0 Å². The van der Waals surface area contributed by atoms with Gasteiger partial charge < -0.3 is 15.1 Å². The fourth-order valence-corrected chi connectivity index (χ4v) is 3.35. The van der Waals surface area contributed by atoms with E-state index in [1.165, 1.54) is 19.1 Å². The summed E-state index contributed by atoms with van der Waals surface area (Å²) in [4.78, 5) is 23.2. The maximum Gasteiger partial charge on any atom is 0.250 e. The molecule has 3 rings (SSSR count). The molecule has 2 amide bonds. The smallest absolute Gasteiger partial charge is 0.250 e. The van der Waals surface area contributed by atoms with Crippen LogP contribution in [0.2, 0.25) is 10.0 Å². The van der Waals surface area contributed by atoms with Gasteiger partial charge >= 0.3 is 0 Å². The molecular weight excluding hydrogens is 457 g/mol. The number of hydrogen-bond acceptors (Lipinski definition) is 4. The Morgan fingerprint density at radius 3 is 2.16 bits per heavy atom. The zero-order chi connectivity index (χ0) is 22.4. The number of carbonyl (C=O) groups is 2. The molecule has 0 aliphatic heterocycles. The zero-order valence-electron chi connectivity index (χ0n) is 16.2. The molecule has 1 heterocycles. The number of benzene rings is 2. The van der Waals surface area contributed by atoms with Gasteiger partial charge in [0.2, 0.25) is 11.8 Å². The molecule has 3 N–H and O–H groups in total. The summed E-state index contributed by atoms with van der Waals surface area (Å²) in [6.07, 6.45) is 2.83. The standard InChI is InChI=1S/C22H17Cl2N3O3S/c1-13(28)25-17-2-4-18(5-3-17)26-22(31)27-21(29)9-7-19-6-8-20(30-19)14-10-15(23)12-16(24)11-14/h2-12H,1H3,(H,25,28)(H2,26,27,29,31)/b9-7+. The van der Waals surface area contributed by atoms with Crippen LogP contribution >= 0.6 is 35.4 Å². The zero-order valence-corrected chi connectivity index (χ0v) is 18.6. The molecular formula is C22H17Cl2N3O3S. The predicted molar refractivity (Wildman–Crippen MR) is 128 cm³/mol. The number of anilines is 2. The molecule has 0 saturated heterocycles. The third-order valence-electron chi connectivity index (χ3n) is 3.87. The first-order chi connectivity index (χ1) is 14.8. The third-order valence-corrected chi connectivity index (χ3v) is 4.51. The highest BCUT2D eigenvalue weighted by Gasteiger charge is 2.07. The maximum absolute atomic E-state index is 12.1. The van der Waals surface area contributed by atoms with Crippen LogP contribution in [0.4, 0.5) is 11.4 Å². The molecule has 0 radical (unpaired) electrons. The van der Waals surface area contributed by atoms with Gasteiger partial charge in [-0.15, -0.1) is 0 Å². The minimum atomic E-state index is -0.420. The van der Waals surface area contributed by atoms with Crippen molar-refractivity contribution < 1.29 is 14.0 Å². The molecule has 0 aliphatic rings. The van der Waals surface area contributed by atoms with Gasteiger partial charge in [0.15, 0.2) is 5.11 Å². The lowest BCUT2D eigenvalue weighted by molar-refractivity contribution is -0.115. The number of thiocarbonyl (C=S) groups is 1. The Kier molecular flexibility index (Phi) is 7.46. The highest BCUT2D eigenvalue weighted by Crippen LogP contribution is 2.28. The molecule has 158 valence electrons. The lowest BCUT2D eigenvalue weighted by Crippen LogP contribution is -2.32. The molecule has 3 aromatic rings. The quantitative estimate of drug-likeness (QED) is 0.325. The van der Waals surface area contributed by atoms with Crippen LogP contribution in [0, 0.1) is 0 Å². The molecule has 0 bridgehead atoms. The summed E-state index contributed by atoms with van der Waals surface area (Å²) in [6, 6.07) is 15.5. The topological polar surface area (TPSA) is 83.4 Å². The molecule has 31 heavy (non-hydrogen) atoms. The van der Waals surface area contributed by atoms with Crippen molar-refractivity contribution in [1.82, 2.24) is 5.32 Å². The van der Waals surface area contributed by atoms with Gasteiger partial charge in [-0.05, 0) is 72.9 Å². The first-order valence-electron chi connectivity index (χ1n) is 9.02. The van der Waals surface area contributed by atoms with Crippen molar-refractivity contribution in [2.75, 3.05) is 10.6 Å². The van der Waals surface area contributed by atoms with E-state index in [4.69, 9.17) is 39.8 Å². The van der Waals surface area contributed by atoms with E-state index in [1.54, 1.807) is 54.6 Å². The summed E-state index contributed by atoms with van der Waals surface area (Å²) in [7, 11) is 0. The van der Waals surface area contributed by atoms with Gasteiger partial charge in [-0.25, -0.2) is 0 Å². The van der Waals surface area contributed by atoms with E-state index in [0.29, 0.717) is 32.9 Å². The Labute approximate surface area is 194 Å². The van der Waals surface area contributed by atoms with Crippen molar-refractivity contribution >= 4 is 69.8 Å². The highest BCUT2D eigenvalue weighted by molar-refractivity contribution is 7.80. The lowest BCUT2D eigenvalue weighted by Gasteiger charge is -2.09. The Bertz CT molecular complexity index is 1140. The van der Waals surface area contributed by atoms with Crippen LogP contribution < -0.4 is 16.0 Å². The largest absolute Gasteiger partial charge is 0.457 e. The van der Waals surface area contributed by atoms with Crippen molar-refractivity contribution in [1.29, 1.82) is 0 Å². The molecule has 0 spiro atoms. The van der Waals surface area contributed by atoms with Crippen LogP contribution in [-0.4, -0.2) is 16.9 Å². The number of hydrogen-bond donors (Lipinski definition) is 3. The second-order valence-corrected chi connectivity index (χ2v) is 7.68. The van der Waals surface area contributed by atoms with E-state index in [1.807, 2.05) is 0 Å². The molecule has 0 saturated carbocycles. The molecule has 0 unspecified atom stereocenters. The van der Waals surface area contributed by atoms with Gasteiger partial charge in [0, 0.05) is 40.0 Å². The Hall–Kier alpha value is -3.13. The van der Waals surface area contributed by atoms with E-state index in [-0.39, 0.29) is 11.0 Å². The van der Waals surface area contributed by atoms with Crippen molar-refractivity contribution in [3.63, 3.8) is 0 Å². The van der Waals surface area contributed by atoms with E-state index < -0.39 is 5.91 Å². The fourth-order valence-electron chi connectivity index (χ4n) is 2.61. The van der Waals surface area contributed by atoms with Crippen molar-refractivity contribution in [2.45, 2.75) is 6.92 Å². The molecule has 0 fully saturated rings. The van der Waals surface area contributed by atoms with Gasteiger partial charge in [0.25, 0.3) is 0 Å². The number of nitrogens with one attached hydrogen (secondary N) is 3. The van der Waals surface area contributed by atoms with E-state index >= 15 is 0 Å². The monoisotopic (exact) mass is 473 g/mol. The Morgan fingerprint density at radius 1 is 0.935 bits per heavy atom. The summed E-state index contributed by atoms with van der Waals surface area (Å²) < 4.78 is 5.71. The van der Waals surface area contributed by atoms with Crippen molar-refractivity contribution in [2.24, 2.45) is 0 Å². The van der Waals surface area contributed by atoms with Crippen LogP contribution in [0.15, 0.2) is 65.1 Å². The average Bonchev–Trinajstić information content (AvgIpc) is 3.16. The average molecular weight is 474 g/mol. The van der Waals surface area contributed by atoms with Gasteiger partial charge in [-0.3, -0.25) is 14.9 Å². The lowest BCUT2D eigenvalue weighted by atomic mass is 10.2. The van der Waals surface area contributed by atoms with Crippen molar-refractivity contribution in [3.05, 3.63) is 76.5 Å². The van der Waals surface area contributed by atoms with Crippen LogP contribution in [-0.2, 0) is 9.59 Å². The first-order valence-corrected chi connectivity index (χ1v) is 10.2. The molecule has 2 aromatic carbocycles. The minimum absolute atomic E-state index is 0.135. The maximum atomic E-state index is 12.1. The molecule has 6 nitrogen and oxygen atoms in total. The minimum Gasteiger partial charge on any atom is -0.457 e. The third kappa shape index (κ3) is 6.96. The first kappa shape index (κ1) is 22.6. The Balaban J connectivity index is 1.55. The van der Waals surface area contributed by atoms with Gasteiger partial charge in [-0.2, -0.15) is 0 Å². The number of amides is 2. The number of furan rings is 1. The number of carbonyl (C=O) groups excluding carboxylic acids is 2. The van der Waals surface area contributed by atoms with E-state index in [9.17, 15) is 9.59 Å². The summed E-state index contributed by atoms with van der Waals surface area (Å²) in [5.41, 5.74) is 2.06. The molecule has 0 aliphatic carbocycles. The second kappa shape index (κ2) is 10.3. The van der Waals surface area contributed by atoms with Crippen LogP contribution in [0.1, 0.15) is 12.7 Å². The normalized spacial score (nSPS) is 10.7. The Morgan fingerprint density at radius 2 is 1.55 bits per heavy atom. The van der Waals surface area contributed by atoms with Gasteiger partial charge in [-0.1, -0.05) is 23.2 Å². The summed E-state index contributed by atoms with van der Waals surface area (Å²) in [5.74, 6) is 0.476. The van der Waals surface area contributed by atoms with Crippen LogP contribution in [0.25, 0.3) is 17.4 Å². The van der Waals surface area contributed by atoms with E-state index in [0.717, 1.165) is 5.56 Å². The summed E-state index contributed by atoms with van der Waals surface area (Å²) in [6.45, 7) is 1.43.